The minimum absolute atomic E-state index is 0.160. The molecule has 0 bridgehead atoms. The van der Waals surface area contributed by atoms with Crippen molar-refractivity contribution in [3.05, 3.63) is 59.7 Å². The molecule has 3 N–H and O–H groups in total. The van der Waals surface area contributed by atoms with Crippen LogP contribution in [-0.4, -0.2) is 19.6 Å². The first-order valence-electron chi connectivity index (χ1n) is 6.96. The molecule has 0 aromatic heterocycles. The van der Waals surface area contributed by atoms with Crippen LogP contribution in [0.15, 0.2) is 48.5 Å². The van der Waals surface area contributed by atoms with Gasteiger partial charge in [-0.1, -0.05) is 30.3 Å². The van der Waals surface area contributed by atoms with Gasteiger partial charge in [0.15, 0.2) is 0 Å². The lowest BCUT2D eigenvalue weighted by molar-refractivity contribution is 0.0950. The van der Waals surface area contributed by atoms with Crippen molar-refractivity contribution >= 4 is 11.6 Å². The highest BCUT2D eigenvalue weighted by molar-refractivity contribution is 5.97. The number of aryl methyl sites for hydroxylation is 1. The molecule has 1 amide bonds. The summed E-state index contributed by atoms with van der Waals surface area (Å²) in [6, 6.07) is 15.3. The van der Waals surface area contributed by atoms with Gasteiger partial charge in [0.1, 0.15) is 5.75 Å². The third-order valence-corrected chi connectivity index (χ3v) is 3.24. The van der Waals surface area contributed by atoms with Crippen LogP contribution in [0.25, 0.3) is 0 Å². The van der Waals surface area contributed by atoms with Gasteiger partial charge in [-0.3, -0.25) is 4.79 Å². The van der Waals surface area contributed by atoms with E-state index >= 15 is 0 Å². The first kappa shape index (κ1) is 14.9. The summed E-state index contributed by atoms with van der Waals surface area (Å²) in [7, 11) is 1.54. The van der Waals surface area contributed by atoms with Crippen molar-refractivity contribution in [2.24, 2.45) is 0 Å². The summed E-state index contributed by atoms with van der Waals surface area (Å²) in [5.41, 5.74) is 8.00. The van der Waals surface area contributed by atoms with E-state index < -0.39 is 0 Å². The zero-order valence-electron chi connectivity index (χ0n) is 12.1. The molecule has 0 saturated carbocycles. The number of rotatable bonds is 6. The lowest BCUT2D eigenvalue weighted by Gasteiger charge is -2.10. The van der Waals surface area contributed by atoms with E-state index in [1.54, 1.807) is 18.2 Å². The van der Waals surface area contributed by atoms with Gasteiger partial charge >= 0.3 is 0 Å². The molecule has 2 rings (SSSR count). The van der Waals surface area contributed by atoms with Crippen molar-refractivity contribution in [2.75, 3.05) is 19.4 Å². The smallest absolute Gasteiger partial charge is 0.255 e. The number of benzene rings is 2. The average Bonchev–Trinajstić information content (AvgIpc) is 2.52. The summed E-state index contributed by atoms with van der Waals surface area (Å²) in [6.07, 6.45) is 1.83. The molecule has 0 saturated heterocycles. The number of hydrogen-bond donors (Lipinski definition) is 2. The fourth-order valence-electron chi connectivity index (χ4n) is 2.14. The van der Waals surface area contributed by atoms with Gasteiger partial charge in [0.2, 0.25) is 0 Å². The molecule has 0 spiro atoms. The number of methoxy groups -OCH3 is 1. The van der Waals surface area contributed by atoms with E-state index in [0.717, 1.165) is 12.8 Å². The highest BCUT2D eigenvalue weighted by atomic mass is 16.5. The minimum Gasteiger partial charge on any atom is -0.496 e. The Morgan fingerprint density at radius 3 is 2.67 bits per heavy atom. The zero-order valence-corrected chi connectivity index (χ0v) is 12.1. The third-order valence-electron chi connectivity index (χ3n) is 3.24. The summed E-state index contributed by atoms with van der Waals surface area (Å²) >= 11 is 0. The Balaban J connectivity index is 1.86. The van der Waals surface area contributed by atoms with Crippen LogP contribution in [0.1, 0.15) is 22.3 Å². The molecule has 0 unspecified atom stereocenters. The summed E-state index contributed by atoms with van der Waals surface area (Å²) in [4.78, 5) is 12.1. The molecule has 0 aliphatic heterocycles. The van der Waals surface area contributed by atoms with Crippen LogP contribution in [0.4, 0.5) is 5.69 Å². The quantitative estimate of drug-likeness (QED) is 0.633. The van der Waals surface area contributed by atoms with E-state index in [4.69, 9.17) is 10.5 Å². The van der Waals surface area contributed by atoms with Crippen molar-refractivity contribution in [1.82, 2.24) is 5.32 Å². The molecule has 2 aromatic rings. The van der Waals surface area contributed by atoms with E-state index in [1.807, 2.05) is 18.2 Å². The average molecular weight is 284 g/mol. The predicted octanol–water partition coefficient (Wildman–Crippen LogP) is 2.64. The van der Waals surface area contributed by atoms with Gasteiger partial charge in [-0.05, 0) is 36.6 Å². The standard InChI is InChI=1S/C17H20N2O2/c1-21-16-10-9-14(18)12-15(16)17(20)19-11-5-8-13-6-3-2-4-7-13/h2-4,6-7,9-10,12H,5,8,11,18H2,1H3,(H,19,20). The van der Waals surface area contributed by atoms with Gasteiger partial charge in [0.05, 0.1) is 12.7 Å². The Hall–Kier alpha value is -2.49. The molecule has 4 heteroatoms. The van der Waals surface area contributed by atoms with Crippen LogP contribution >= 0.6 is 0 Å². The van der Waals surface area contributed by atoms with Crippen molar-refractivity contribution < 1.29 is 9.53 Å². The highest BCUT2D eigenvalue weighted by Crippen LogP contribution is 2.20. The van der Waals surface area contributed by atoms with E-state index in [1.165, 1.54) is 12.7 Å². The normalized spacial score (nSPS) is 10.1. The van der Waals surface area contributed by atoms with Crippen molar-refractivity contribution in [3.8, 4) is 5.75 Å². The number of nitrogens with one attached hydrogen (secondary N) is 1. The summed E-state index contributed by atoms with van der Waals surface area (Å²) in [5.74, 6) is 0.372. The second kappa shape index (κ2) is 7.33. The van der Waals surface area contributed by atoms with E-state index in [2.05, 4.69) is 17.4 Å². The van der Waals surface area contributed by atoms with Gasteiger partial charge < -0.3 is 15.8 Å². The maximum Gasteiger partial charge on any atom is 0.255 e. The first-order valence-corrected chi connectivity index (χ1v) is 6.96. The van der Waals surface area contributed by atoms with Gasteiger partial charge in [0, 0.05) is 12.2 Å². The molecule has 0 aliphatic rings. The molecular weight excluding hydrogens is 264 g/mol. The third kappa shape index (κ3) is 4.24. The number of hydrogen-bond acceptors (Lipinski definition) is 3. The first-order chi connectivity index (χ1) is 10.2. The number of carbonyl (C=O) groups excluding carboxylic acids is 1. The van der Waals surface area contributed by atoms with Crippen molar-refractivity contribution in [1.29, 1.82) is 0 Å². The van der Waals surface area contributed by atoms with Crippen LogP contribution in [0, 0.1) is 0 Å². The summed E-state index contributed by atoms with van der Waals surface area (Å²) < 4.78 is 5.18. The lowest BCUT2D eigenvalue weighted by Crippen LogP contribution is -2.25. The largest absolute Gasteiger partial charge is 0.496 e. The Morgan fingerprint density at radius 2 is 1.95 bits per heavy atom. The second-order valence-electron chi connectivity index (χ2n) is 4.80. The second-order valence-corrected chi connectivity index (χ2v) is 4.80. The summed E-state index contributed by atoms with van der Waals surface area (Å²) in [5, 5.41) is 2.90. The van der Waals surface area contributed by atoms with Gasteiger partial charge in [0.25, 0.3) is 5.91 Å². The molecule has 21 heavy (non-hydrogen) atoms. The van der Waals surface area contributed by atoms with Crippen LogP contribution in [0.2, 0.25) is 0 Å². The summed E-state index contributed by atoms with van der Waals surface area (Å²) in [6.45, 7) is 0.617. The maximum absolute atomic E-state index is 12.1. The molecule has 0 atom stereocenters. The van der Waals surface area contributed by atoms with Crippen LogP contribution < -0.4 is 15.8 Å². The number of nitrogen functional groups attached to an aromatic ring is 1. The van der Waals surface area contributed by atoms with Gasteiger partial charge in [-0.15, -0.1) is 0 Å². The van der Waals surface area contributed by atoms with Crippen LogP contribution in [0.5, 0.6) is 5.75 Å². The Labute approximate surface area is 124 Å². The fraction of sp³-hybridized carbons (Fsp3) is 0.235. The molecule has 0 aliphatic carbocycles. The Kier molecular flexibility index (Phi) is 5.21. The maximum atomic E-state index is 12.1. The number of carbonyl (C=O) groups is 1. The molecule has 0 fully saturated rings. The van der Waals surface area contributed by atoms with Crippen molar-refractivity contribution in [2.45, 2.75) is 12.8 Å². The number of nitrogens with two attached hydrogens (primary N) is 1. The number of ether oxygens (including phenoxy) is 1. The number of anilines is 1. The topological polar surface area (TPSA) is 64.3 Å². The van der Waals surface area contributed by atoms with Crippen LogP contribution in [0.3, 0.4) is 0 Å². The molecule has 2 aromatic carbocycles. The van der Waals surface area contributed by atoms with E-state index in [-0.39, 0.29) is 5.91 Å². The minimum atomic E-state index is -0.160. The highest BCUT2D eigenvalue weighted by Gasteiger charge is 2.11. The lowest BCUT2D eigenvalue weighted by atomic mass is 10.1. The number of amides is 1. The van der Waals surface area contributed by atoms with Gasteiger partial charge in [-0.2, -0.15) is 0 Å². The Morgan fingerprint density at radius 1 is 1.19 bits per heavy atom. The molecule has 0 radical (unpaired) electrons. The molecular formula is C17H20N2O2. The molecule has 0 heterocycles. The SMILES string of the molecule is COc1ccc(N)cc1C(=O)NCCCc1ccccc1. The van der Waals surface area contributed by atoms with E-state index in [0.29, 0.717) is 23.5 Å². The monoisotopic (exact) mass is 284 g/mol. The van der Waals surface area contributed by atoms with Crippen LogP contribution in [-0.2, 0) is 6.42 Å². The zero-order chi connectivity index (χ0) is 15.1. The van der Waals surface area contributed by atoms with Gasteiger partial charge in [-0.25, -0.2) is 0 Å². The molecule has 4 nitrogen and oxygen atoms in total. The van der Waals surface area contributed by atoms with E-state index in [9.17, 15) is 4.79 Å². The Bertz CT molecular complexity index is 597. The molecule has 110 valence electrons. The fourth-order valence-corrected chi connectivity index (χ4v) is 2.14. The van der Waals surface area contributed by atoms with Crippen molar-refractivity contribution in [3.63, 3.8) is 0 Å². The predicted molar refractivity (Wildman–Crippen MR) is 84.5 cm³/mol.